The fourth-order valence-electron chi connectivity index (χ4n) is 0.487. The van der Waals surface area contributed by atoms with E-state index >= 15 is 0 Å². The molecule has 0 aliphatic rings. The Hall–Kier alpha value is -1.08. The third-order valence-electron chi connectivity index (χ3n) is 0.986. The minimum absolute atomic E-state index is 0.166. The summed E-state index contributed by atoms with van der Waals surface area (Å²) in [4.78, 5) is 13.2. The molecule has 56 valence electrons. The second-order valence-electron chi connectivity index (χ2n) is 2.16. The number of aliphatic imine (C=N–C) groups is 1. The molecule has 0 rings (SSSR count). The zero-order chi connectivity index (χ0) is 7.98. The van der Waals surface area contributed by atoms with Gasteiger partial charge in [0, 0.05) is 5.92 Å². The molecule has 0 fully saturated rings. The van der Waals surface area contributed by atoms with Gasteiger partial charge >= 0.3 is 0 Å². The third-order valence-corrected chi connectivity index (χ3v) is 0.986. The van der Waals surface area contributed by atoms with E-state index in [-0.39, 0.29) is 5.92 Å². The summed E-state index contributed by atoms with van der Waals surface area (Å²) in [5.41, 5.74) is 0. The van der Waals surface area contributed by atoms with Crippen molar-refractivity contribution in [2.75, 3.05) is 0 Å². The Bertz CT molecular complexity index is 148. The van der Waals surface area contributed by atoms with Crippen molar-refractivity contribution in [3.63, 3.8) is 0 Å². The molecule has 3 nitrogen and oxygen atoms in total. The fourth-order valence-corrected chi connectivity index (χ4v) is 0.487. The van der Waals surface area contributed by atoms with Gasteiger partial charge < -0.3 is 4.74 Å². The van der Waals surface area contributed by atoms with Crippen molar-refractivity contribution < 1.29 is 9.53 Å². The number of hydrogen-bond donors (Lipinski definition) is 0. The lowest BCUT2D eigenvalue weighted by atomic mass is 10.2. The van der Waals surface area contributed by atoms with Crippen LogP contribution < -0.4 is 0 Å². The van der Waals surface area contributed by atoms with E-state index in [2.05, 4.69) is 11.6 Å². The molecule has 0 amide bonds. The van der Waals surface area contributed by atoms with Crippen molar-refractivity contribution in [1.82, 2.24) is 0 Å². The van der Waals surface area contributed by atoms with Crippen LogP contribution in [0.1, 0.15) is 13.8 Å². The van der Waals surface area contributed by atoms with Gasteiger partial charge in [-0.3, -0.25) is 0 Å². The minimum Gasteiger partial charge on any atom is -0.476 e. The summed E-state index contributed by atoms with van der Waals surface area (Å²) in [6.45, 7) is 7.15. The van der Waals surface area contributed by atoms with Gasteiger partial charge in [0.2, 0.25) is 12.3 Å². The third kappa shape index (κ3) is 3.05. The zero-order valence-electron chi connectivity index (χ0n) is 6.20. The molecule has 0 spiro atoms. The molecule has 0 aliphatic carbocycles. The smallest absolute Gasteiger partial charge is 0.238 e. The Morgan fingerprint density at radius 1 is 1.70 bits per heavy atom. The Balaban J connectivity index is 3.96. The van der Waals surface area contributed by atoms with Crippen LogP contribution in [0.15, 0.2) is 17.8 Å². The first kappa shape index (κ1) is 8.92. The highest BCUT2D eigenvalue weighted by molar-refractivity contribution is 5.33. The quantitative estimate of drug-likeness (QED) is 0.338. The molecule has 0 aromatic heterocycles. The van der Waals surface area contributed by atoms with Crippen LogP contribution in [0.5, 0.6) is 0 Å². The molecule has 1 atom stereocenters. The maximum Gasteiger partial charge on any atom is 0.238 e. The van der Waals surface area contributed by atoms with E-state index in [1.807, 2.05) is 13.8 Å². The average Bonchev–Trinajstić information content (AvgIpc) is 1.87. The molecule has 0 bridgehead atoms. The van der Waals surface area contributed by atoms with Crippen molar-refractivity contribution in [3.05, 3.63) is 12.8 Å². The van der Waals surface area contributed by atoms with Gasteiger partial charge in [-0.2, -0.15) is 4.99 Å². The fraction of sp³-hybridized carbons (Fsp3) is 0.571. The molecule has 10 heavy (non-hydrogen) atoms. The summed E-state index contributed by atoms with van der Waals surface area (Å²) in [6, 6.07) is 0. The van der Waals surface area contributed by atoms with E-state index in [1.165, 1.54) is 12.3 Å². The molecular formula is C7H11NO2. The standard InChI is InChI=1S/C7H11NO2/c1-4-10-7(6(2)3)8-5-9/h4,6-7H,1H2,2-3H3. The van der Waals surface area contributed by atoms with E-state index in [4.69, 9.17) is 4.74 Å². The summed E-state index contributed by atoms with van der Waals surface area (Å²) < 4.78 is 4.88. The lowest BCUT2D eigenvalue weighted by Gasteiger charge is -2.12. The predicted molar refractivity (Wildman–Crippen MR) is 38.0 cm³/mol. The van der Waals surface area contributed by atoms with E-state index in [1.54, 1.807) is 0 Å². The summed E-state index contributed by atoms with van der Waals surface area (Å²) >= 11 is 0. The molecule has 0 N–H and O–H groups in total. The second kappa shape index (κ2) is 4.77. The Morgan fingerprint density at radius 2 is 2.30 bits per heavy atom. The maximum atomic E-state index is 9.79. The molecule has 0 saturated carbocycles. The van der Waals surface area contributed by atoms with E-state index in [9.17, 15) is 4.79 Å². The number of rotatable bonds is 4. The van der Waals surface area contributed by atoms with E-state index < -0.39 is 6.23 Å². The highest BCUT2D eigenvalue weighted by Crippen LogP contribution is 2.06. The van der Waals surface area contributed by atoms with Crippen molar-refractivity contribution in [1.29, 1.82) is 0 Å². The minimum atomic E-state index is -0.435. The summed E-state index contributed by atoms with van der Waals surface area (Å²) in [6.07, 6.45) is 2.27. The Morgan fingerprint density at radius 3 is 2.60 bits per heavy atom. The van der Waals surface area contributed by atoms with E-state index in [0.29, 0.717) is 0 Å². The Labute approximate surface area is 60.4 Å². The molecular weight excluding hydrogens is 130 g/mol. The van der Waals surface area contributed by atoms with Crippen LogP contribution >= 0.6 is 0 Å². The van der Waals surface area contributed by atoms with Crippen LogP contribution in [0.25, 0.3) is 0 Å². The second-order valence-corrected chi connectivity index (χ2v) is 2.16. The molecule has 0 aromatic rings. The number of hydrogen-bond acceptors (Lipinski definition) is 3. The van der Waals surface area contributed by atoms with Crippen molar-refractivity contribution in [2.24, 2.45) is 10.9 Å². The maximum absolute atomic E-state index is 9.79. The van der Waals surface area contributed by atoms with Crippen molar-refractivity contribution in [3.8, 4) is 0 Å². The highest BCUT2D eigenvalue weighted by Gasteiger charge is 2.09. The molecule has 1 unspecified atom stereocenters. The Kier molecular flexibility index (Phi) is 4.25. The molecule has 0 aromatic carbocycles. The topological polar surface area (TPSA) is 38.7 Å². The first-order chi connectivity index (χ1) is 4.72. The number of isocyanates is 1. The van der Waals surface area contributed by atoms with Gasteiger partial charge in [-0.25, -0.2) is 4.79 Å². The predicted octanol–water partition coefficient (Wildman–Crippen LogP) is 1.46. The monoisotopic (exact) mass is 141 g/mol. The first-order valence-electron chi connectivity index (χ1n) is 3.05. The summed E-state index contributed by atoms with van der Waals surface area (Å²) in [5.74, 6) is 0.166. The van der Waals surface area contributed by atoms with Crippen LogP contribution in [-0.4, -0.2) is 12.3 Å². The molecule has 0 radical (unpaired) electrons. The molecule has 3 heteroatoms. The number of ether oxygens (including phenoxy) is 1. The van der Waals surface area contributed by atoms with Gasteiger partial charge in [-0.05, 0) is 0 Å². The zero-order valence-corrected chi connectivity index (χ0v) is 6.20. The van der Waals surface area contributed by atoms with Gasteiger partial charge in [0.25, 0.3) is 0 Å². The van der Waals surface area contributed by atoms with Crippen LogP contribution in [0.4, 0.5) is 0 Å². The SMILES string of the molecule is C=COC(N=C=O)C(C)C. The first-order valence-corrected chi connectivity index (χ1v) is 3.05. The largest absolute Gasteiger partial charge is 0.476 e. The molecule has 0 heterocycles. The van der Waals surface area contributed by atoms with Crippen LogP contribution in [0.2, 0.25) is 0 Å². The average molecular weight is 141 g/mol. The van der Waals surface area contributed by atoms with Crippen LogP contribution in [-0.2, 0) is 9.53 Å². The number of nitrogens with zero attached hydrogens (tertiary/aromatic N) is 1. The summed E-state index contributed by atoms with van der Waals surface area (Å²) in [7, 11) is 0. The highest BCUT2D eigenvalue weighted by atomic mass is 16.5. The van der Waals surface area contributed by atoms with Gasteiger partial charge in [-0.15, -0.1) is 0 Å². The summed E-state index contributed by atoms with van der Waals surface area (Å²) in [5, 5.41) is 0. The normalized spacial score (nSPS) is 11.9. The van der Waals surface area contributed by atoms with E-state index in [0.717, 1.165) is 0 Å². The van der Waals surface area contributed by atoms with Gasteiger partial charge in [0.05, 0.1) is 6.26 Å². The van der Waals surface area contributed by atoms with Gasteiger partial charge in [0.1, 0.15) is 0 Å². The lowest BCUT2D eigenvalue weighted by Crippen LogP contribution is -2.13. The van der Waals surface area contributed by atoms with Crippen LogP contribution in [0, 0.1) is 5.92 Å². The molecule has 0 aliphatic heterocycles. The van der Waals surface area contributed by atoms with Crippen molar-refractivity contribution in [2.45, 2.75) is 20.1 Å². The lowest BCUT2D eigenvalue weighted by molar-refractivity contribution is 0.110. The van der Waals surface area contributed by atoms with Crippen LogP contribution in [0.3, 0.4) is 0 Å². The van der Waals surface area contributed by atoms with Gasteiger partial charge in [-0.1, -0.05) is 20.4 Å². The van der Waals surface area contributed by atoms with Gasteiger partial charge in [0.15, 0.2) is 0 Å². The van der Waals surface area contributed by atoms with Crippen molar-refractivity contribution >= 4 is 6.08 Å². The number of carbonyl (C=O) groups excluding carboxylic acids is 1. The molecule has 0 saturated heterocycles.